The molecule has 2 aromatic heterocycles. The normalized spacial score (nSPS) is 14.9. The van der Waals surface area contributed by atoms with Gasteiger partial charge in [-0.05, 0) is 18.6 Å². The molecule has 1 atom stereocenters. The second kappa shape index (κ2) is 9.87. The van der Waals surface area contributed by atoms with E-state index in [0.717, 1.165) is 23.3 Å². The minimum atomic E-state index is -0.701. The van der Waals surface area contributed by atoms with Gasteiger partial charge in [0.1, 0.15) is 0 Å². The molecule has 0 spiro atoms. The second-order valence-electron chi connectivity index (χ2n) is 7.32. The van der Waals surface area contributed by atoms with Gasteiger partial charge in [-0.2, -0.15) is 4.98 Å². The highest BCUT2D eigenvalue weighted by atomic mass is 32.2. The first-order valence-corrected chi connectivity index (χ1v) is 11.5. The molecule has 8 heteroatoms. The maximum Gasteiger partial charge on any atom is 0.247 e. The van der Waals surface area contributed by atoms with E-state index in [0.29, 0.717) is 22.4 Å². The average Bonchev–Trinajstić information content (AvgIpc) is 2.94. The molecule has 0 radical (unpaired) electrons. The zero-order valence-electron chi connectivity index (χ0n) is 17.7. The molecule has 0 N–H and O–H groups in total. The molecule has 0 saturated heterocycles. The minimum Gasteiger partial charge on any atom is -0.447 e. The molecule has 7 nitrogen and oxygen atoms in total. The maximum absolute atomic E-state index is 12.7. The zero-order valence-corrected chi connectivity index (χ0v) is 18.5. The van der Waals surface area contributed by atoms with Gasteiger partial charge in [0, 0.05) is 36.2 Å². The standard InChI is InChI=1S/C23H25N5O2S/c1-3-4-5-8-14-31-23-25-21-20(26-27-23)18-11-6-7-12-19(18)28(16(2)29)22(30-21)17-10-9-13-24-15-17/h6-7,9-13,15,22H,3-5,8,14H2,1-2H3/t22-/m0/s1. The Kier molecular flexibility index (Phi) is 6.76. The van der Waals surface area contributed by atoms with Crippen molar-refractivity contribution < 1.29 is 9.53 Å². The quantitative estimate of drug-likeness (QED) is 0.379. The number of benzene rings is 1. The highest BCUT2D eigenvalue weighted by Gasteiger charge is 2.34. The highest BCUT2D eigenvalue weighted by Crippen LogP contribution is 2.43. The van der Waals surface area contributed by atoms with Gasteiger partial charge < -0.3 is 4.74 Å². The average molecular weight is 436 g/mol. The Labute approximate surface area is 186 Å². The van der Waals surface area contributed by atoms with Crippen LogP contribution in [-0.4, -0.2) is 31.8 Å². The van der Waals surface area contributed by atoms with Crippen molar-refractivity contribution in [2.24, 2.45) is 0 Å². The van der Waals surface area contributed by atoms with Gasteiger partial charge in [-0.15, -0.1) is 10.2 Å². The van der Waals surface area contributed by atoms with Gasteiger partial charge in [0.2, 0.25) is 23.2 Å². The number of carbonyl (C=O) groups is 1. The summed E-state index contributed by atoms with van der Waals surface area (Å²) in [7, 11) is 0. The lowest BCUT2D eigenvalue weighted by molar-refractivity contribution is -0.118. The summed E-state index contributed by atoms with van der Waals surface area (Å²) in [5.74, 6) is 1.16. The van der Waals surface area contributed by atoms with Gasteiger partial charge in [0.25, 0.3) is 0 Å². The van der Waals surface area contributed by atoms with Crippen molar-refractivity contribution in [2.75, 3.05) is 10.7 Å². The van der Waals surface area contributed by atoms with Crippen molar-refractivity contribution in [2.45, 2.75) is 50.9 Å². The molecule has 0 bridgehead atoms. The first-order valence-electron chi connectivity index (χ1n) is 10.5. The molecule has 160 valence electrons. The number of rotatable bonds is 7. The maximum atomic E-state index is 12.7. The van der Waals surface area contributed by atoms with E-state index >= 15 is 0 Å². The minimum absolute atomic E-state index is 0.146. The summed E-state index contributed by atoms with van der Waals surface area (Å²) in [4.78, 5) is 23.2. The summed E-state index contributed by atoms with van der Waals surface area (Å²) in [6.45, 7) is 3.72. The number of ether oxygens (including phenoxy) is 1. The lowest BCUT2D eigenvalue weighted by atomic mass is 10.1. The van der Waals surface area contributed by atoms with Crippen LogP contribution >= 0.6 is 11.8 Å². The summed E-state index contributed by atoms with van der Waals surface area (Å²) >= 11 is 1.58. The topological polar surface area (TPSA) is 81.1 Å². The first-order chi connectivity index (χ1) is 15.2. The predicted octanol–water partition coefficient (Wildman–Crippen LogP) is 5.05. The van der Waals surface area contributed by atoms with Crippen molar-refractivity contribution in [3.05, 3.63) is 54.4 Å². The van der Waals surface area contributed by atoms with Crippen LogP contribution in [0.3, 0.4) is 0 Å². The fraction of sp³-hybridized carbons (Fsp3) is 0.348. The van der Waals surface area contributed by atoms with E-state index < -0.39 is 6.23 Å². The van der Waals surface area contributed by atoms with Gasteiger partial charge in [0.05, 0.1) is 5.69 Å². The van der Waals surface area contributed by atoms with Crippen LogP contribution in [-0.2, 0) is 4.79 Å². The summed E-state index contributed by atoms with van der Waals surface area (Å²) in [6.07, 6.45) is 7.44. The highest BCUT2D eigenvalue weighted by molar-refractivity contribution is 7.99. The van der Waals surface area contributed by atoms with Crippen LogP contribution in [0.1, 0.15) is 51.3 Å². The molecule has 0 aliphatic carbocycles. The molecule has 0 saturated carbocycles. The summed E-state index contributed by atoms with van der Waals surface area (Å²) in [5.41, 5.74) is 2.76. The number of nitrogens with zero attached hydrogens (tertiary/aromatic N) is 5. The third-order valence-electron chi connectivity index (χ3n) is 5.05. The molecular weight excluding hydrogens is 410 g/mol. The molecule has 1 aliphatic heterocycles. The number of aromatic nitrogens is 4. The molecule has 4 rings (SSSR count). The van der Waals surface area contributed by atoms with Crippen LogP contribution in [0, 0.1) is 0 Å². The fourth-order valence-electron chi connectivity index (χ4n) is 3.55. The van der Waals surface area contributed by atoms with Gasteiger partial charge in [-0.25, -0.2) is 0 Å². The van der Waals surface area contributed by atoms with Crippen LogP contribution < -0.4 is 9.64 Å². The van der Waals surface area contributed by atoms with Crippen LogP contribution in [0.15, 0.2) is 53.9 Å². The number of para-hydroxylation sites is 1. The fourth-order valence-corrected chi connectivity index (χ4v) is 4.32. The molecule has 1 amide bonds. The predicted molar refractivity (Wildman–Crippen MR) is 121 cm³/mol. The van der Waals surface area contributed by atoms with E-state index in [2.05, 4.69) is 27.1 Å². The number of thioether (sulfide) groups is 1. The van der Waals surface area contributed by atoms with E-state index in [1.807, 2.05) is 36.4 Å². The Balaban J connectivity index is 1.73. The van der Waals surface area contributed by atoms with Gasteiger partial charge in [-0.1, -0.05) is 62.2 Å². The Morgan fingerprint density at radius 3 is 2.77 bits per heavy atom. The molecule has 1 aliphatic rings. The van der Waals surface area contributed by atoms with Crippen LogP contribution in [0.4, 0.5) is 5.69 Å². The lowest BCUT2D eigenvalue weighted by Gasteiger charge is -2.29. The van der Waals surface area contributed by atoms with Gasteiger partial charge in [-0.3, -0.25) is 14.7 Å². The molecule has 0 fully saturated rings. The zero-order chi connectivity index (χ0) is 21.6. The molecule has 3 aromatic rings. The van der Waals surface area contributed by atoms with E-state index in [1.165, 1.54) is 26.2 Å². The number of amides is 1. The van der Waals surface area contributed by atoms with Crippen molar-refractivity contribution in [1.82, 2.24) is 20.2 Å². The van der Waals surface area contributed by atoms with Crippen molar-refractivity contribution in [3.8, 4) is 17.1 Å². The molecule has 0 unspecified atom stereocenters. The lowest BCUT2D eigenvalue weighted by Crippen LogP contribution is -2.36. The Bertz CT molecular complexity index is 1050. The van der Waals surface area contributed by atoms with E-state index in [4.69, 9.17) is 4.74 Å². The van der Waals surface area contributed by atoms with E-state index in [9.17, 15) is 4.79 Å². The van der Waals surface area contributed by atoms with Gasteiger partial charge in [0.15, 0.2) is 5.69 Å². The van der Waals surface area contributed by atoms with Crippen molar-refractivity contribution >= 4 is 23.4 Å². The first kappa shape index (κ1) is 21.2. The van der Waals surface area contributed by atoms with Crippen LogP contribution in [0.25, 0.3) is 11.3 Å². The van der Waals surface area contributed by atoms with Crippen LogP contribution in [0.2, 0.25) is 0 Å². The number of hydrogen-bond donors (Lipinski definition) is 0. The Morgan fingerprint density at radius 2 is 2.00 bits per heavy atom. The third-order valence-corrected chi connectivity index (χ3v) is 5.97. The van der Waals surface area contributed by atoms with Crippen LogP contribution in [0.5, 0.6) is 5.88 Å². The monoisotopic (exact) mass is 435 g/mol. The number of anilines is 1. The van der Waals surface area contributed by atoms with E-state index in [1.54, 1.807) is 29.1 Å². The van der Waals surface area contributed by atoms with Gasteiger partial charge >= 0.3 is 0 Å². The molecular formula is C23H25N5O2S. The molecule has 3 heterocycles. The number of fused-ring (bicyclic) bond motifs is 3. The molecule has 1 aromatic carbocycles. The summed E-state index contributed by atoms with van der Waals surface area (Å²) < 4.78 is 6.32. The number of pyridine rings is 1. The summed E-state index contributed by atoms with van der Waals surface area (Å²) in [5, 5.41) is 9.35. The second-order valence-corrected chi connectivity index (χ2v) is 8.38. The number of carbonyl (C=O) groups excluding carboxylic acids is 1. The smallest absolute Gasteiger partial charge is 0.247 e. The Hall–Kier alpha value is -3.00. The SMILES string of the molecule is CCCCCCSc1nnc2c(n1)O[C@@H](c1cccnc1)N(C(C)=O)c1ccccc1-2. The van der Waals surface area contributed by atoms with E-state index in [-0.39, 0.29) is 5.91 Å². The van der Waals surface area contributed by atoms with Crippen molar-refractivity contribution in [1.29, 1.82) is 0 Å². The Morgan fingerprint density at radius 1 is 1.13 bits per heavy atom. The number of unbranched alkanes of at least 4 members (excludes halogenated alkanes) is 3. The third kappa shape index (κ3) is 4.69. The number of hydrogen-bond acceptors (Lipinski definition) is 7. The van der Waals surface area contributed by atoms with Crippen molar-refractivity contribution in [3.63, 3.8) is 0 Å². The summed E-state index contributed by atoms with van der Waals surface area (Å²) in [6, 6.07) is 11.3. The largest absolute Gasteiger partial charge is 0.447 e. The molecule has 31 heavy (non-hydrogen) atoms.